The minimum atomic E-state index is -0.914. The molecule has 6 heteroatoms. The van der Waals surface area contributed by atoms with Gasteiger partial charge in [-0.3, -0.25) is 14.9 Å². The lowest BCUT2D eigenvalue weighted by Crippen LogP contribution is -2.38. The van der Waals surface area contributed by atoms with E-state index in [0.29, 0.717) is 24.2 Å². The van der Waals surface area contributed by atoms with Gasteiger partial charge in [-0.05, 0) is 30.2 Å². The van der Waals surface area contributed by atoms with Crippen molar-refractivity contribution in [3.8, 4) is 5.75 Å². The molecular weight excluding hydrogens is 236 g/mol. The number of carbonyl (C=O) groups excluding carboxylic acids is 3. The molecule has 6 nitrogen and oxygen atoms in total. The standard InChI is InChI=1S/C12H12N2O4/c13-12(17)14-11(16)6-18-8-2-3-9-7(5-8)1-4-10(9)15/h2-3,5H,1,4,6H2,(H3,13,14,16,17). The average molecular weight is 248 g/mol. The number of ketones is 1. The molecule has 0 fully saturated rings. The van der Waals surface area contributed by atoms with Crippen LogP contribution in [0.4, 0.5) is 4.79 Å². The molecule has 18 heavy (non-hydrogen) atoms. The van der Waals surface area contributed by atoms with E-state index in [9.17, 15) is 14.4 Å². The summed E-state index contributed by atoms with van der Waals surface area (Å²) in [5.41, 5.74) is 6.42. The molecule has 0 atom stereocenters. The second-order valence-corrected chi connectivity index (χ2v) is 3.94. The summed E-state index contributed by atoms with van der Waals surface area (Å²) >= 11 is 0. The van der Waals surface area contributed by atoms with E-state index in [-0.39, 0.29) is 12.4 Å². The lowest BCUT2D eigenvalue weighted by atomic mass is 10.1. The van der Waals surface area contributed by atoms with Gasteiger partial charge in [0.15, 0.2) is 12.4 Å². The number of nitrogens with two attached hydrogens (primary N) is 1. The highest BCUT2D eigenvalue weighted by Crippen LogP contribution is 2.25. The van der Waals surface area contributed by atoms with Crippen molar-refractivity contribution in [2.75, 3.05) is 6.61 Å². The van der Waals surface area contributed by atoms with E-state index in [1.54, 1.807) is 18.2 Å². The Bertz CT molecular complexity index is 525. The molecule has 1 aromatic rings. The second-order valence-electron chi connectivity index (χ2n) is 3.94. The predicted molar refractivity (Wildman–Crippen MR) is 62.3 cm³/mol. The highest BCUT2D eigenvalue weighted by atomic mass is 16.5. The topological polar surface area (TPSA) is 98.5 Å². The Labute approximate surface area is 103 Å². The van der Waals surface area contributed by atoms with Crippen LogP contribution in [-0.4, -0.2) is 24.3 Å². The molecule has 0 radical (unpaired) electrons. The van der Waals surface area contributed by atoms with Crippen molar-refractivity contribution in [1.29, 1.82) is 0 Å². The number of fused-ring (bicyclic) bond motifs is 1. The SMILES string of the molecule is NC(=O)NC(=O)COc1ccc2c(c1)CCC2=O. The van der Waals surface area contributed by atoms with Crippen molar-refractivity contribution in [3.63, 3.8) is 0 Å². The Morgan fingerprint density at radius 1 is 1.33 bits per heavy atom. The van der Waals surface area contributed by atoms with Crippen LogP contribution >= 0.6 is 0 Å². The first-order valence-corrected chi connectivity index (χ1v) is 5.44. The van der Waals surface area contributed by atoms with E-state index < -0.39 is 11.9 Å². The van der Waals surface area contributed by atoms with Gasteiger partial charge in [-0.25, -0.2) is 4.79 Å². The Balaban J connectivity index is 1.97. The molecule has 1 aromatic carbocycles. The average Bonchev–Trinajstić information content (AvgIpc) is 2.67. The summed E-state index contributed by atoms with van der Waals surface area (Å²) in [6, 6.07) is 4.13. The lowest BCUT2D eigenvalue weighted by Gasteiger charge is -2.07. The summed E-state index contributed by atoms with van der Waals surface area (Å²) in [4.78, 5) is 32.9. The molecule has 1 aliphatic carbocycles. The molecule has 0 heterocycles. The molecule has 0 saturated carbocycles. The van der Waals surface area contributed by atoms with E-state index in [1.165, 1.54) is 0 Å². The smallest absolute Gasteiger partial charge is 0.318 e. The number of carbonyl (C=O) groups is 3. The first-order valence-electron chi connectivity index (χ1n) is 5.44. The number of Topliss-reactive ketones (excluding diaryl/α,β-unsaturated/α-hetero) is 1. The van der Waals surface area contributed by atoms with Crippen LogP contribution in [-0.2, 0) is 11.2 Å². The van der Waals surface area contributed by atoms with Gasteiger partial charge in [-0.15, -0.1) is 0 Å². The number of hydrogen-bond donors (Lipinski definition) is 2. The normalized spacial score (nSPS) is 13.0. The molecule has 3 N–H and O–H groups in total. The Hall–Kier alpha value is -2.37. The number of amides is 3. The van der Waals surface area contributed by atoms with Crippen LogP contribution in [0.2, 0.25) is 0 Å². The maximum Gasteiger partial charge on any atom is 0.318 e. The van der Waals surface area contributed by atoms with Gasteiger partial charge in [-0.2, -0.15) is 0 Å². The number of nitrogens with one attached hydrogen (secondary N) is 1. The number of imide groups is 1. The molecule has 0 saturated heterocycles. The quantitative estimate of drug-likeness (QED) is 0.808. The summed E-state index contributed by atoms with van der Waals surface area (Å²) in [5.74, 6) is 0.00478. The highest BCUT2D eigenvalue weighted by Gasteiger charge is 2.19. The van der Waals surface area contributed by atoms with Gasteiger partial charge in [0.25, 0.3) is 5.91 Å². The van der Waals surface area contributed by atoms with Crippen molar-refractivity contribution in [1.82, 2.24) is 5.32 Å². The Morgan fingerprint density at radius 3 is 2.83 bits per heavy atom. The number of primary amides is 1. The maximum atomic E-state index is 11.4. The van der Waals surface area contributed by atoms with Gasteiger partial charge in [0.2, 0.25) is 0 Å². The summed E-state index contributed by atoms with van der Waals surface area (Å²) < 4.78 is 5.20. The zero-order valence-electron chi connectivity index (χ0n) is 9.56. The fourth-order valence-corrected chi connectivity index (χ4v) is 1.84. The molecule has 0 spiro atoms. The van der Waals surface area contributed by atoms with Gasteiger partial charge < -0.3 is 10.5 Å². The summed E-state index contributed by atoms with van der Waals surface area (Å²) in [6.07, 6.45) is 1.21. The third kappa shape index (κ3) is 2.65. The number of ether oxygens (including phenoxy) is 1. The van der Waals surface area contributed by atoms with E-state index in [2.05, 4.69) is 0 Å². The first-order chi connectivity index (χ1) is 8.56. The number of aryl methyl sites for hydroxylation is 1. The molecule has 0 aliphatic heterocycles. The lowest BCUT2D eigenvalue weighted by molar-refractivity contribution is -0.121. The molecule has 0 unspecified atom stereocenters. The van der Waals surface area contributed by atoms with Gasteiger partial charge >= 0.3 is 6.03 Å². The van der Waals surface area contributed by atoms with Gasteiger partial charge in [0.1, 0.15) is 5.75 Å². The largest absolute Gasteiger partial charge is 0.484 e. The van der Waals surface area contributed by atoms with Crippen molar-refractivity contribution in [2.24, 2.45) is 5.73 Å². The molecule has 0 aromatic heterocycles. The number of rotatable bonds is 3. The number of hydrogen-bond acceptors (Lipinski definition) is 4. The Kier molecular flexibility index (Phi) is 3.27. The third-order valence-corrected chi connectivity index (χ3v) is 2.63. The minimum Gasteiger partial charge on any atom is -0.484 e. The minimum absolute atomic E-state index is 0.128. The van der Waals surface area contributed by atoms with Crippen LogP contribution in [0.3, 0.4) is 0 Å². The van der Waals surface area contributed by atoms with Crippen molar-refractivity contribution < 1.29 is 19.1 Å². The van der Waals surface area contributed by atoms with Crippen molar-refractivity contribution in [3.05, 3.63) is 29.3 Å². The fraction of sp³-hybridized carbons (Fsp3) is 0.250. The van der Waals surface area contributed by atoms with E-state index in [4.69, 9.17) is 10.5 Å². The molecule has 2 rings (SSSR count). The van der Waals surface area contributed by atoms with Gasteiger partial charge in [0.05, 0.1) is 0 Å². The first kappa shape index (κ1) is 12.1. The summed E-state index contributed by atoms with van der Waals surface area (Å²) in [7, 11) is 0. The van der Waals surface area contributed by atoms with Crippen LogP contribution in [0.5, 0.6) is 5.75 Å². The molecule has 3 amide bonds. The van der Waals surface area contributed by atoms with Crippen LogP contribution in [0.15, 0.2) is 18.2 Å². The predicted octanol–water partition coefficient (Wildman–Crippen LogP) is 0.389. The second kappa shape index (κ2) is 4.87. The van der Waals surface area contributed by atoms with E-state index in [1.807, 2.05) is 5.32 Å². The number of urea groups is 1. The molecular formula is C12H12N2O4. The summed E-state index contributed by atoms with van der Waals surface area (Å²) in [5, 5.41) is 1.89. The maximum absolute atomic E-state index is 11.4. The molecule has 0 bridgehead atoms. The van der Waals surface area contributed by atoms with Crippen LogP contribution in [0.1, 0.15) is 22.3 Å². The van der Waals surface area contributed by atoms with Gasteiger partial charge in [0, 0.05) is 12.0 Å². The monoisotopic (exact) mass is 248 g/mol. The zero-order chi connectivity index (χ0) is 13.1. The number of benzene rings is 1. The highest BCUT2D eigenvalue weighted by molar-refractivity contribution is 6.00. The summed E-state index contributed by atoms with van der Waals surface area (Å²) in [6.45, 7) is -0.296. The molecule has 94 valence electrons. The zero-order valence-corrected chi connectivity index (χ0v) is 9.56. The molecule has 1 aliphatic rings. The third-order valence-electron chi connectivity index (χ3n) is 2.63. The Morgan fingerprint density at radius 2 is 2.11 bits per heavy atom. The van der Waals surface area contributed by atoms with Gasteiger partial charge in [-0.1, -0.05) is 0 Å². The van der Waals surface area contributed by atoms with Crippen LogP contribution in [0, 0.1) is 0 Å². The van der Waals surface area contributed by atoms with E-state index in [0.717, 1.165) is 5.56 Å². The van der Waals surface area contributed by atoms with Crippen molar-refractivity contribution in [2.45, 2.75) is 12.8 Å². The van der Waals surface area contributed by atoms with E-state index >= 15 is 0 Å². The van der Waals surface area contributed by atoms with Crippen LogP contribution in [0.25, 0.3) is 0 Å². The fourth-order valence-electron chi connectivity index (χ4n) is 1.84. The van der Waals surface area contributed by atoms with Crippen molar-refractivity contribution >= 4 is 17.7 Å². The van der Waals surface area contributed by atoms with Crippen LogP contribution < -0.4 is 15.8 Å².